The Hall–Kier alpha value is -2.15. The van der Waals surface area contributed by atoms with Crippen LogP contribution in [0.15, 0.2) is 24.3 Å². The molecule has 0 bridgehead atoms. The number of carbonyl (C=O) groups is 2. The predicted molar refractivity (Wildman–Crippen MR) is 111 cm³/mol. The third-order valence-electron chi connectivity index (χ3n) is 5.88. The first-order chi connectivity index (χ1) is 13.9. The predicted octanol–water partition coefficient (Wildman–Crippen LogP) is 2.74. The molecule has 29 heavy (non-hydrogen) atoms. The Balaban J connectivity index is 1.60. The second-order valence-corrected chi connectivity index (χ2v) is 8.46. The molecule has 1 heterocycles. The van der Waals surface area contributed by atoms with Crippen LogP contribution in [0, 0.1) is 11.7 Å². The van der Waals surface area contributed by atoms with Crippen molar-refractivity contribution < 1.29 is 14.0 Å². The number of halogens is 1. The summed E-state index contributed by atoms with van der Waals surface area (Å²) in [5.74, 6) is 0.0691. The third kappa shape index (κ3) is 5.92. The molecule has 1 saturated heterocycles. The van der Waals surface area contributed by atoms with Crippen LogP contribution in [0.25, 0.3) is 0 Å². The minimum absolute atomic E-state index is 0.0150. The van der Waals surface area contributed by atoms with Crippen molar-refractivity contribution in [2.45, 2.75) is 58.2 Å². The molecule has 1 aromatic rings. The number of hydrogen-bond acceptors (Lipinski definition) is 3. The fourth-order valence-corrected chi connectivity index (χ4v) is 4.43. The highest BCUT2D eigenvalue weighted by Gasteiger charge is 2.37. The van der Waals surface area contributed by atoms with Crippen LogP contribution < -0.4 is 10.6 Å². The van der Waals surface area contributed by atoms with Crippen LogP contribution in [0.3, 0.4) is 0 Å². The van der Waals surface area contributed by atoms with Crippen molar-refractivity contribution in [2.24, 2.45) is 5.92 Å². The Morgan fingerprint density at radius 1 is 1.14 bits per heavy atom. The maximum absolute atomic E-state index is 13.4. The van der Waals surface area contributed by atoms with Gasteiger partial charge in [0.05, 0.1) is 6.04 Å². The number of rotatable bonds is 6. The lowest BCUT2D eigenvalue weighted by molar-refractivity contribution is -0.129. The molecule has 1 aliphatic carbocycles. The van der Waals surface area contributed by atoms with Crippen molar-refractivity contribution in [3.05, 3.63) is 35.6 Å². The standard InChI is InChI=1S/C22H33FN4O2/c1-16(2)25-22(29)27-12-10-26(11-13-27)20(18-7-3-4-8-18)21(28)24-15-17-6-5-9-19(23)14-17/h5-6,9,14,16,18,20H,3-4,7-8,10-13,15H2,1-2H3,(H,24,28)(H,25,29). The van der Waals surface area contributed by atoms with Gasteiger partial charge in [0.1, 0.15) is 5.82 Å². The zero-order valence-electron chi connectivity index (χ0n) is 17.5. The molecule has 3 amide bonds. The molecule has 0 spiro atoms. The van der Waals surface area contributed by atoms with E-state index >= 15 is 0 Å². The lowest BCUT2D eigenvalue weighted by Gasteiger charge is -2.40. The van der Waals surface area contributed by atoms with Crippen molar-refractivity contribution in [3.8, 4) is 0 Å². The molecule has 7 heteroatoms. The highest BCUT2D eigenvalue weighted by molar-refractivity contribution is 5.82. The summed E-state index contributed by atoms with van der Waals surface area (Å²) in [5, 5.41) is 5.96. The Labute approximate surface area is 172 Å². The van der Waals surface area contributed by atoms with Crippen molar-refractivity contribution in [2.75, 3.05) is 26.2 Å². The first-order valence-electron chi connectivity index (χ1n) is 10.8. The van der Waals surface area contributed by atoms with Crippen LogP contribution in [0.1, 0.15) is 45.1 Å². The normalized spacial score (nSPS) is 19.4. The fourth-order valence-electron chi connectivity index (χ4n) is 4.43. The molecule has 1 saturated carbocycles. The van der Waals surface area contributed by atoms with Crippen molar-refractivity contribution >= 4 is 11.9 Å². The number of hydrogen-bond donors (Lipinski definition) is 2. The Kier molecular flexibility index (Phi) is 7.47. The molecule has 2 fully saturated rings. The topological polar surface area (TPSA) is 64.7 Å². The van der Waals surface area contributed by atoms with Gasteiger partial charge < -0.3 is 15.5 Å². The van der Waals surface area contributed by atoms with Gasteiger partial charge in [0.25, 0.3) is 0 Å². The summed E-state index contributed by atoms with van der Waals surface area (Å²) in [4.78, 5) is 29.4. The number of nitrogens with zero attached hydrogens (tertiary/aromatic N) is 2. The number of piperazine rings is 1. The van der Waals surface area contributed by atoms with Gasteiger partial charge in [0, 0.05) is 38.8 Å². The average molecular weight is 405 g/mol. The van der Waals surface area contributed by atoms with Gasteiger partial charge in [0.15, 0.2) is 0 Å². The fraction of sp³-hybridized carbons (Fsp3) is 0.636. The highest BCUT2D eigenvalue weighted by Crippen LogP contribution is 2.31. The largest absolute Gasteiger partial charge is 0.351 e. The Morgan fingerprint density at radius 3 is 2.45 bits per heavy atom. The molecular formula is C22H33FN4O2. The van der Waals surface area contributed by atoms with Crippen LogP contribution in [-0.4, -0.2) is 60.0 Å². The van der Waals surface area contributed by atoms with Gasteiger partial charge in [-0.3, -0.25) is 9.69 Å². The number of nitrogens with one attached hydrogen (secondary N) is 2. The lowest BCUT2D eigenvalue weighted by Crippen LogP contribution is -2.59. The number of amides is 3. The van der Waals surface area contributed by atoms with Gasteiger partial charge in [0.2, 0.25) is 5.91 Å². The summed E-state index contributed by atoms with van der Waals surface area (Å²) < 4.78 is 13.4. The van der Waals surface area contributed by atoms with Crippen molar-refractivity contribution in [1.29, 1.82) is 0 Å². The monoisotopic (exact) mass is 404 g/mol. The molecule has 160 valence electrons. The molecule has 3 rings (SSSR count). The van der Waals surface area contributed by atoms with E-state index < -0.39 is 0 Å². The first kappa shape index (κ1) is 21.6. The number of carbonyl (C=O) groups excluding carboxylic acids is 2. The van der Waals surface area contributed by atoms with Gasteiger partial charge in [-0.1, -0.05) is 25.0 Å². The quantitative estimate of drug-likeness (QED) is 0.766. The molecule has 1 aliphatic heterocycles. The van der Waals surface area contributed by atoms with Crippen molar-refractivity contribution in [1.82, 2.24) is 20.4 Å². The molecule has 0 aromatic heterocycles. The average Bonchev–Trinajstić information content (AvgIpc) is 3.21. The minimum Gasteiger partial charge on any atom is -0.351 e. The number of benzene rings is 1. The van der Waals surface area contributed by atoms with E-state index in [0.717, 1.165) is 31.2 Å². The van der Waals surface area contributed by atoms with Crippen LogP contribution in [-0.2, 0) is 11.3 Å². The second kappa shape index (κ2) is 10.1. The molecular weight excluding hydrogens is 371 g/mol. The van der Waals surface area contributed by atoms with E-state index in [-0.39, 0.29) is 29.8 Å². The van der Waals surface area contributed by atoms with Crippen LogP contribution in [0.5, 0.6) is 0 Å². The van der Waals surface area contributed by atoms with Gasteiger partial charge in [-0.25, -0.2) is 9.18 Å². The zero-order chi connectivity index (χ0) is 20.8. The summed E-state index contributed by atoms with van der Waals surface area (Å²) >= 11 is 0. The minimum atomic E-state index is -0.292. The second-order valence-electron chi connectivity index (χ2n) is 8.46. The van der Waals surface area contributed by atoms with Gasteiger partial charge in [-0.15, -0.1) is 0 Å². The van der Waals surface area contributed by atoms with Gasteiger partial charge in [-0.05, 0) is 50.3 Å². The Morgan fingerprint density at radius 2 is 1.83 bits per heavy atom. The molecule has 1 atom stereocenters. The zero-order valence-corrected chi connectivity index (χ0v) is 17.5. The summed E-state index contributed by atoms with van der Waals surface area (Å²) in [6.07, 6.45) is 4.45. The summed E-state index contributed by atoms with van der Waals surface area (Å²) in [7, 11) is 0. The SMILES string of the molecule is CC(C)NC(=O)N1CCN(C(C(=O)NCc2cccc(F)c2)C2CCCC2)CC1. The highest BCUT2D eigenvalue weighted by atomic mass is 19.1. The first-order valence-corrected chi connectivity index (χ1v) is 10.8. The Bertz CT molecular complexity index is 698. The lowest BCUT2D eigenvalue weighted by atomic mass is 9.95. The smallest absolute Gasteiger partial charge is 0.317 e. The maximum atomic E-state index is 13.4. The van der Waals surface area contributed by atoms with Crippen LogP contribution in [0.2, 0.25) is 0 Å². The van der Waals surface area contributed by atoms with Gasteiger partial charge >= 0.3 is 6.03 Å². The summed E-state index contributed by atoms with van der Waals surface area (Å²) in [5.41, 5.74) is 0.763. The third-order valence-corrected chi connectivity index (χ3v) is 5.88. The van der Waals surface area contributed by atoms with E-state index in [0.29, 0.717) is 38.6 Å². The molecule has 2 aliphatic rings. The maximum Gasteiger partial charge on any atom is 0.317 e. The van der Waals surface area contributed by atoms with Crippen LogP contribution >= 0.6 is 0 Å². The number of urea groups is 1. The van der Waals surface area contributed by atoms with E-state index in [2.05, 4.69) is 15.5 Å². The molecule has 6 nitrogen and oxygen atoms in total. The van der Waals surface area contributed by atoms with E-state index in [9.17, 15) is 14.0 Å². The van der Waals surface area contributed by atoms with E-state index in [1.54, 1.807) is 6.07 Å². The molecule has 2 N–H and O–H groups in total. The van der Waals surface area contributed by atoms with E-state index in [1.807, 2.05) is 24.8 Å². The molecule has 0 radical (unpaired) electrons. The summed E-state index contributed by atoms with van der Waals surface area (Å²) in [6.45, 7) is 6.87. The van der Waals surface area contributed by atoms with E-state index in [1.165, 1.54) is 12.1 Å². The molecule has 1 aromatic carbocycles. The van der Waals surface area contributed by atoms with Crippen LogP contribution in [0.4, 0.5) is 9.18 Å². The summed E-state index contributed by atoms with van der Waals surface area (Å²) in [6, 6.07) is 6.24. The van der Waals surface area contributed by atoms with E-state index in [4.69, 9.17) is 0 Å². The van der Waals surface area contributed by atoms with Crippen molar-refractivity contribution in [3.63, 3.8) is 0 Å². The molecule has 1 unspecified atom stereocenters. The van der Waals surface area contributed by atoms with Gasteiger partial charge in [-0.2, -0.15) is 0 Å².